The summed E-state index contributed by atoms with van der Waals surface area (Å²) >= 11 is 0. The van der Waals surface area contributed by atoms with E-state index in [9.17, 15) is 15.0 Å². The molecule has 2 atom stereocenters. The van der Waals surface area contributed by atoms with Crippen LogP contribution in [0.15, 0.2) is 17.1 Å². The number of H-pyrrole nitrogens is 1. The zero-order chi connectivity index (χ0) is 11.4. The highest BCUT2D eigenvalue weighted by atomic mass is 16.3. The van der Waals surface area contributed by atoms with E-state index >= 15 is 0 Å². The summed E-state index contributed by atoms with van der Waals surface area (Å²) in [6.07, 6.45) is -0.448. The molecule has 84 valence electrons. The van der Waals surface area contributed by atoms with Gasteiger partial charge in [-0.05, 0) is 19.0 Å². The number of aromatic nitrogens is 1. The topological polar surface area (TPSA) is 125 Å². The third kappa shape index (κ3) is 2.79. The van der Waals surface area contributed by atoms with E-state index in [4.69, 9.17) is 11.5 Å². The van der Waals surface area contributed by atoms with Crippen LogP contribution >= 0.6 is 0 Å². The number of rotatable bonds is 4. The molecule has 0 saturated carbocycles. The van der Waals surface area contributed by atoms with Gasteiger partial charge in [-0.3, -0.25) is 4.79 Å². The molecule has 0 amide bonds. The lowest BCUT2D eigenvalue weighted by atomic mass is 10.0. The van der Waals surface area contributed by atoms with Gasteiger partial charge in [-0.1, -0.05) is 0 Å². The van der Waals surface area contributed by atoms with Crippen molar-refractivity contribution in [3.63, 3.8) is 0 Å². The molecule has 0 bridgehead atoms. The van der Waals surface area contributed by atoms with Gasteiger partial charge in [0, 0.05) is 11.8 Å². The molecule has 0 fully saturated rings. The second kappa shape index (κ2) is 4.92. The number of hydrogen-bond acceptors (Lipinski definition) is 5. The van der Waals surface area contributed by atoms with Crippen LogP contribution in [0.3, 0.4) is 0 Å². The Morgan fingerprint density at radius 1 is 1.47 bits per heavy atom. The second-order valence-electron chi connectivity index (χ2n) is 3.31. The maximum atomic E-state index is 10.9. The molecule has 6 heteroatoms. The van der Waals surface area contributed by atoms with Crippen LogP contribution in [-0.4, -0.2) is 27.8 Å². The SMILES string of the molecule is NCCC(O)C(O)c1c[nH]c(=O)c(N)c1. The van der Waals surface area contributed by atoms with Crippen molar-refractivity contribution in [3.8, 4) is 0 Å². The fourth-order valence-electron chi connectivity index (χ4n) is 1.24. The van der Waals surface area contributed by atoms with Crippen molar-refractivity contribution in [1.29, 1.82) is 0 Å². The molecule has 0 aromatic carbocycles. The number of nitrogens with one attached hydrogen (secondary N) is 1. The molecule has 1 heterocycles. The van der Waals surface area contributed by atoms with Gasteiger partial charge in [0.1, 0.15) is 6.10 Å². The Balaban J connectivity index is 2.86. The lowest BCUT2D eigenvalue weighted by Crippen LogP contribution is -2.23. The van der Waals surface area contributed by atoms with Gasteiger partial charge in [-0.25, -0.2) is 0 Å². The first-order valence-corrected chi connectivity index (χ1v) is 4.60. The number of aliphatic hydroxyl groups excluding tert-OH is 2. The summed E-state index contributed by atoms with van der Waals surface area (Å²) in [7, 11) is 0. The summed E-state index contributed by atoms with van der Waals surface area (Å²) in [6.45, 7) is 0.275. The van der Waals surface area contributed by atoms with Gasteiger partial charge in [0.05, 0.1) is 11.8 Å². The molecule has 1 rings (SSSR count). The van der Waals surface area contributed by atoms with E-state index in [-0.39, 0.29) is 18.7 Å². The van der Waals surface area contributed by atoms with Crippen molar-refractivity contribution in [3.05, 3.63) is 28.2 Å². The average molecular weight is 213 g/mol. The predicted molar refractivity (Wildman–Crippen MR) is 56.1 cm³/mol. The largest absolute Gasteiger partial charge is 0.394 e. The number of anilines is 1. The van der Waals surface area contributed by atoms with Crippen molar-refractivity contribution in [1.82, 2.24) is 4.98 Å². The Morgan fingerprint density at radius 3 is 2.67 bits per heavy atom. The van der Waals surface area contributed by atoms with Crippen LogP contribution in [0, 0.1) is 0 Å². The highest BCUT2D eigenvalue weighted by molar-refractivity contribution is 5.38. The van der Waals surface area contributed by atoms with E-state index < -0.39 is 17.8 Å². The standard InChI is InChI=1S/C9H15N3O3/c10-2-1-7(13)8(14)5-3-6(11)9(15)12-4-5/h3-4,7-8,13-14H,1-2,10-11H2,(H,12,15). The van der Waals surface area contributed by atoms with Crippen molar-refractivity contribution < 1.29 is 10.2 Å². The lowest BCUT2D eigenvalue weighted by Gasteiger charge is -2.17. The molecule has 1 aromatic heterocycles. The second-order valence-corrected chi connectivity index (χ2v) is 3.31. The monoisotopic (exact) mass is 213 g/mol. The summed E-state index contributed by atoms with van der Waals surface area (Å²) in [5.41, 5.74) is 10.6. The minimum absolute atomic E-state index is 0.00602. The van der Waals surface area contributed by atoms with Crippen LogP contribution in [0.4, 0.5) is 5.69 Å². The lowest BCUT2D eigenvalue weighted by molar-refractivity contribution is 0.0148. The Kier molecular flexibility index (Phi) is 3.84. The molecule has 0 radical (unpaired) electrons. The number of hydrogen-bond donors (Lipinski definition) is 5. The molecule has 15 heavy (non-hydrogen) atoms. The summed E-state index contributed by atoms with van der Waals surface area (Å²) < 4.78 is 0. The normalized spacial score (nSPS) is 14.9. The van der Waals surface area contributed by atoms with E-state index in [1.807, 2.05) is 0 Å². The molecule has 0 aliphatic heterocycles. The van der Waals surface area contributed by atoms with E-state index in [0.29, 0.717) is 5.56 Å². The first-order valence-electron chi connectivity index (χ1n) is 4.60. The molecule has 0 spiro atoms. The summed E-state index contributed by atoms with van der Waals surface area (Å²) in [5, 5.41) is 19.1. The van der Waals surface area contributed by atoms with Gasteiger partial charge in [-0.2, -0.15) is 0 Å². The highest BCUT2D eigenvalue weighted by Crippen LogP contribution is 2.18. The number of nitrogen functional groups attached to an aromatic ring is 1. The molecule has 6 nitrogen and oxygen atoms in total. The van der Waals surface area contributed by atoms with Crippen molar-refractivity contribution in [2.75, 3.05) is 12.3 Å². The number of pyridine rings is 1. The van der Waals surface area contributed by atoms with Crippen molar-refractivity contribution in [2.45, 2.75) is 18.6 Å². The van der Waals surface area contributed by atoms with Gasteiger partial charge in [-0.15, -0.1) is 0 Å². The van der Waals surface area contributed by atoms with E-state index in [0.717, 1.165) is 0 Å². The molecule has 0 saturated heterocycles. The summed E-state index contributed by atoms with van der Waals surface area (Å²) in [4.78, 5) is 13.3. The Labute approximate surface area is 86.5 Å². The Bertz CT molecular complexity index is 377. The van der Waals surface area contributed by atoms with Crippen molar-refractivity contribution >= 4 is 5.69 Å². The van der Waals surface area contributed by atoms with Crippen LogP contribution in [0.1, 0.15) is 18.1 Å². The zero-order valence-electron chi connectivity index (χ0n) is 8.18. The maximum Gasteiger partial charge on any atom is 0.271 e. The molecule has 1 aromatic rings. The number of nitrogens with two attached hydrogens (primary N) is 2. The molecule has 0 aliphatic carbocycles. The van der Waals surface area contributed by atoms with E-state index in [1.165, 1.54) is 12.3 Å². The van der Waals surface area contributed by atoms with Crippen molar-refractivity contribution in [2.24, 2.45) is 5.73 Å². The smallest absolute Gasteiger partial charge is 0.271 e. The Morgan fingerprint density at radius 2 is 2.13 bits per heavy atom. The predicted octanol–water partition coefficient (Wildman–Crippen LogP) is -1.30. The molecular formula is C9H15N3O3. The average Bonchev–Trinajstić information content (AvgIpc) is 2.21. The molecular weight excluding hydrogens is 198 g/mol. The quantitative estimate of drug-likeness (QED) is 0.425. The first-order chi connectivity index (χ1) is 7.06. The molecule has 0 aliphatic rings. The summed E-state index contributed by atoms with van der Waals surface area (Å²) in [5.74, 6) is 0. The molecule has 7 N–H and O–H groups in total. The van der Waals surface area contributed by atoms with E-state index in [2.05, 4.69) is 4.98 Å². The third-order valence-corrected chi connectivity index (χ3v) is 2.12. The first kappa shape index (κ1) is 11.7. The third-order valence-electron chi connectivity index (χ3n) is 2.12. The van der Waals surface area contributed by atoms with Crippen LogP contribution in [0.5, 0.6) is 0 Å². The van der Waals surface area contributed by atoms with E-state index in [1.54, 1.807) is 0 Å². The van der Waals surface area contributed by atoms with Crippen LogP contribution in [-0.2, 0) is 0 Å². The fraction of sp³-hybridized carbons (Fsp3) is 0.444. The molecule has 2 unspecified atom stereocenters. The van der Waals surface area contributed by atoms with Crippen LogP contribution in [0.25, 0.3) is 0 Å². The van der Waals surface area contributed by atoms with Gasteiger partial charge in [0.25, 0.3) is 5.56 Å². The number of aromatic amines is 1. The van der Waals surface area contributed by atoms with Crippen LogP contribution < -0.4 is 17.0 Å². The van der Waals surface area contributed by atoms with Gasteiger partial charge in [0.15, 0.2) is 0 Å². The maximum absolute atomic E-state index is 10.9. The van der Waals surface area contributed by atoms with Crippen LogP contribution in [0.2, 0.25) is 0 Å². The van der Waals surface area contributed by atoms with Gasteiger partial charge in [0.2, 0.25) is 0 Å². The fourth-order valence-corrected chi connectivity index (χ4v) is 1.24. The summed E-state index contributed by atoms with van der Waals surface area (Å²) in [6, 6.07) is 1.34. The minimum atomic E-state index is -1.09. The Hall–Kier alpha value is -1.37. The minimum Gasteiger partial charge on any atom is -0.394 e. The zero-order valence-corrected chi connectivity index (χ0v) is 8.18. The highest BCUT2D eigenvalue weighted by Gasteiger charge is 2.18. The van der Waals surface area contributed by atoms with Gasteiger partial charge >= 0.3 is 0 Å². The number of aliphatic hydroxyl groups is 2. The van der Waals surface area contributed by atoms with Gasteiger partial charge < -0.3 is 26.7 Å².